The van der Waals surface area contributed by atoms with Gasteiger partial charge in [-0.15, -0.1) is 0 Å². The van der Waals surface area contributed by atoms with Crippen LogP contribution < -0.4 is 16.9 Å². The molecule has 0 radical (unpaired) electrons. The van der Waals surface area contributed by atoms with E-state index in [1.165, 1.54) is 4.68 Å². The monoisotopic (exact) mass is 271 g/mol. The first-order valence-electron chi connectivity index (χ1n) is 5.93. The summed E-state index contributed by atoms with van der Waals surface area (Å²) >= 11 is 0. The fourth-order valence-electron chi connectivity index (χ4n) is 1.45. The molecule has 1 rings (SSSR count). The second kappa shape index (κ2) is 6.00. The summed E-state index contributed by atoms with van der Waals surface area (Å²) in [4.78, 5) is 17.2. The molecule has 0 spiro atoms. The number of Topliss-reactive ketones (excluding diaryl/α,β-unsaturated/α-hetero) is 1. The Bertz CT molecular complexity index is 450. The van der Waals surface area contributed by atoms with E-state index in [9.17, 15) is 4.79 Å². The van der Waals surface area contributed by atoms with E-state index in [0.717, 1.165) is 0 Å². The van der Waals surface area contributed by atoms with Crippen molar-refractivity contribution >= 4 is 17.4 Å². The molecule has 108 valence electrons. The van der Waals surface area contributed by atoms with E-state index in [1.54, 1.807) is 0 Å². The molecule has 0 bridgehead atoms. The summed E-state index contributed by atoms with van der Waals surface area (Å²) in [6, 6.07) is 0. The van der Waals surface area contributed by atoms with Crippen LogP contribution in [0, 0.1) is 0 Å². The average Bonchev–Trinajstić information content (AvgIpc) is 2.53. The molecule has 6 N–H and O–H groups in total. The molecule has 0 atom stereocenters. The van der Waals surface area contributed by atoms with Crippen molar-refractivity contribution in [3.8, 4) is 0 Å². The summed E-state index contributed by atoms with van der Waals surface area (Å²) < 4.78 is 1.30. The predicted octanol–water partition coefficient (Wildman–Crippen LogP) is -0.458. The van der Waals surface area contributed by atoms with E-state index in [1.807, 2.05) is 20.8 Å². The first-order valence-corrected chi connectivity index (χ1v) is 5.93. The molecule has 19 heavy (non-hydrogen) atoms. The largest absolute Gasteiger partial charge is 0.394 e. The third-order valence-electron chi connectivity index (χ3n) is 2.22. The van der Waals surface area contributed by atoms with Gasteiger partial charge in [0.05, 0.1) is 25.3 Å². The fourth-order valence-corrected chi connectivity index (χ4v) is 1.45. The van der Waals surface area contributed by atoms with Crippen molar-refractivity contribution in [1.29, 1.82) is 0 Å². The van der Waals surface area contributed by atoms with E-state index in [4.69, 9.17) is 21.4 Å². The number of ketones is 1. The van der Waals surface area contributed by atoms with Crippen LogP contribution in [0.2, 0.25) is 0 Å². The molecule has 0 saturated heterocycles. The van der Waals surface area contributed by atoms with Crippen LogP contribution in [0.25, 0.3) is 0 Å². The summed E-state index contributed by atoms with van der Waals surface area (Å²) in [5, 5.41) is 12.7. The maximum atomic E-state index is 12.0. The van der Waals surface area contributed by atoms with Gasteiger partial charge >= 0.3 is 0 Å². The van der Waals surface area contributed by atoms with Crippen LogP contribution in [0.15, 0.2) is 0 Å². The maximum Gasteiger partial charge on any atom is 0.186 e. The number of aromatic nitrogens is 2. The van der Waals surface area contributed by atoms with Crippen LogP contribution in [0.4, 0.5) is 11.6 Å². The summed E-state index contributed by atoms with van der Waals surface area (Å²) in [5.41, 5.74) is 13.7. The van der Waals surface area contributed by atoms with Crippen molar-refractivity contribution in [2.75, 3.05) is 24.6 Å². The van der Waals surface area contributed by atoms with Crippen LogP contribution in [0.5, 0.6) is 0 Å². The van der Waals surface area contributed by atoms with Gasteiger partial charge in [-0.2, -0.15) is 10.6 Å². The zero-order valence-electron chi connectivity index (χ0n) is 11.4. The number of nitrogen functional groups attached to an aromatic ring is 2. The van der Waals surface area contributed by atoms with Gasteiger partial charge in [-0.05, 0) is 20.8 Å². The van der Waals surface area contributed by atoms with Gasteiger partial charge in [0.15, 0.2) is 11.6 Å². The molecule has 0 aromatic carbocycles. The highest BCUT2D eigenvalue weighted by atomic mass is 16.7. The zero-order valence-corrected chi connectivity index (χ0v) is 11.4. The molecule has 0 aliphatic rings. The van der Waals surface area contributed by atoms with Gasteiger partial charge in [0.25, 0.3) is 0 Å². The van der Waals surface area contributed by atoms with Gasteiger partial charge < -0.3 is 16.6 Å². The molecular weight excluding hydrogens is 250 g/mol. The maximum absolute atomic E-state index is 12.0. The van der Waals surface area contributed by atoms with Crippen LogP contribution in [0.3, 0.4) is 0 Å². The Morgan fingerprint density at radius 1 is 1.47 bits per heavy atom. The molecule has 0 amide bonds. The van der Waals surface area contributed by atoms with Crippen molar-refractivity contribution < 1.29 is 14.7 Å². The van der Waals surface area contributed by atoms with Crippen LogP contribution in [-0.4, -0.2) is 39.4 Å². The average molecular weight is 271 g/mol. The van der Waals surface area contributed by atoms with Gasteiger partial charge in [-0.1, -0.05) is 0 Å². The highest BCUT2D eigenvalue weighted by Gasteiger charge is 2.20. The minimum Gasteiger partial charge on any atom is -0.394 e. The van der Waals surface area contributed by atoms with Crippen LogP contribution in [0.1, 0.15) is 31.1 Å². The molecule has 0 fully saturated rings. The smallest absolute Gasteiger partial charge is 0.186 e. The Morgan fingerprint density at radius 3 is 2.63 bits per heavy atom. The predicted molar refractivity (Wildman–Crippen MR) is 71.3 cm³/mol. The standard InChI is InChI=1S/C11H21N5O3/c1-11(2,3)19-14-6-7(18)8-9(12)15-16(4-5-17)10(8)13/h14,17H,4-6,13H2,1-3H3,(H2,12,15). The number of nitrogens with zero attached hydrogens (tertiary/aromatic N) is 2. The van der Waals surface area contributed by atoms with Gasteiger partial charge in [-0.3, -0.25) is 9.63 Å². The fraction of sp³-hybridized carbons (Fsp3) is 0.636. The molecule has 0 unspecified atom stereocenters. The van der Waals surface area contributed by atoms with E-state index in [0.29, 0.717) is 0 Å². The minimum atomic E-state index is -0.404. The Morgan fingerprint density at radius 2 is 2.11 bits per heavy atom. The molecular formula is C11H21N5O3. The lowest BCUT2D eigenvalue weighted by Gasteiger charge is -2.18. The van der Waals surface area contributed by atoms with Crippen LogP contribution in [-0.2, 0) is 11.4 Å². The van der Waals surface area contributed by atoms with Crippen molar-refractivity contribution in [2.45, 2.75) is 32.9 Å². The van der Waals surface area contributed by atoms with E-state index >= 15 is 0 Å². The Hall–Kier alpha value is -1.64. The first-order chi connectivity index (χ1) is 8.76. The number of hydrogen-bond donors (Lipinski definition) is 4. The highest BCUT2D eigenvalue weighted by Crippen LogP contribution is 2.19. The zero-order chi connectivity index (χ0) is 14.6. The summed E-state index contributed by atoms with van der Waals surface area (Å²) in [7, 11) is 0. The number of nitrogens with two attached hydrogens (primary N) is 2. The Kier molecular flexibility index (Phi) is 4.87. The second-order valence-electron chi connectivity index (χ2n) is 5.05. The molecule has 8 nitrogen and oxygen atoms in total. The summed E-state index contributed by atoms with van der Waals surface area (Å²) in [5.74, 6) is -0.119. The van der Waals surface area contributed by atoms with Crippen molar-refractivity contribution in [3.05, 3.63) is 5.56 Å². The summed E-state index contributed by atoms with van der Waals surface area (Å²) in [6.45, 7) is 5.56. The minimum absolute atomic E-state index is 0.0495. The molecule has 0 aliphatic carbocycles. The topological polar surface area (TPSA) is 128 Å². The van der Waals surface area contributed by atoms with Gasteiger partial charge in [0.2, 0.25) is 0 Å². The van der Waals surface area contributed by atoms with E-state index in [2.05, 4.69) is 10.6 Å². The van der Waals surface area contributed by atoms with Crippen molar-refractivity contribution in [3.63, 3.8) is 0 Å². The molecule has 8 heteroatoms. The second-order valence-corrected chi connectivity index (χ2v) is 5.05. The highest BCUT2D eigenvalue weighted by molar-refractivity contribution is 6.05. The molecule has 0 aliphatic heterocycles. The lowest BCUT2D eigenvalue weighted by atomic mass is 10.2. The number of rotatable bonds is 6. The van der Waals surface area contributed by atoms with Gasteiger partial charge in [0.1, 0.15) is 11.4 Å². The number of aliphatic hydroxyl groups is 1. The Labute approximate surface area is 111 Å². The first kappa shape index (κ1) is 15.4. The molecule has 0 saturated carbocycles. The quantitative estimate of drug-likeness (QED) is 0.407. The molecule has 1 aromatic heterocycles. The van der Waals surface area contributed by atoms with Gasteiger partial charge in [0, 0.05) is 0 Å². The number of hydrogen-bond acceptors (Lipinski definition) is 7. The van der Waals surface area contributed by atoms with Gasteiger partial charge in [-0.25, -0.2) is 4.68 Å². The van der Waals surface area contributed by atoms with E-state index < -0.39 is 5.60 Å². The Balaban J connectivity index is 2.72. The van der Waals surface area contributed by atoms with Crippen molar-refractivity contribution in [2.24, 2.45) is 0 Å². The number of nitrogens with one attached hydrogen (secondary N) is 1. The number of anilines is 2. The lowest BCUT2D eigenvalue weighted by molar-refractivity contribution is -0.0685. The number of carbonyl (C=O) groups is 1. The number of aliphatic hydroxyl groups excluding tert-OH is 1. The SMILES string of the molecule is CC(C)(C)ONCC(=O)c1c(N)nn(CCO)c1N. The number of hydroxylamine groups is 1. The van der Waals surface area contributed by atoms with Crippen molar-refractivity contribution in [1.82, 2.24) is 15.3 Å². The third-order valence-corrected chi connectivity index (χ3v) is 2.22. The van der Waals surface area contributed by atoms with E-state index in [-0.39, 0.29) is 42.7 Å². The normalized spacial score (nSPS) is 11.8. The summed E-state index contributed by atoms with van der Waals surface area (Å²) in [6.07, 6.45) is 0. The molecule has 1 aromatic rings. The molecule has 1 heterocycles. The lowest BCUT2D eigenvalue weighted by Crippen LogP contribution is -2.33. The van der Waals surface area contributed by atoms with Crippen LogP contribution >= 0.6 is 0 Å². The number of carbonyl (C=O) groups excluding carboxylic acids is 1. The third kappa shape index (κ3) is 4.19.